The lowest BCUT2D eigenvalue weighted by molar-refractivity contribution is 0.326. The number of rotatable bonds is 3. The average molecular weight is 501 g/mol. The van der Waals surface area contributed by atoms with E-state index in [1.54, 1.807) is 0 Å². The van der Waals surface area contributed by atoms with Gasteiger partial charge in [-0.1, -0.05) is 50.5 Å². The van der Waals surface area contributed by atoms with E-state index in [4.69, 9.17) is 14.7 Å². The fourth-order valence-corrected chi connectivity index (χ4v) is 6.96. The minimum atomic E-state index is 0.587. The van der Waals surface area contributed by atoms with E-state index in [0.717, 1.165) is 54.6 Å². The second-order valence-electron chi connectivity index (χ2n) is 11.4. The summed E-state index contributed by atoms with van der Waals surface area (Å²) in [7, 11) is 0. The molecule has 5 aromatic rings. The highest BCUT2D eigenvalue weighted by atomic mass is 16.5. The van der Waals surface area contributed by atoms with Crippen molar-refractivity contribution in [3.05, 3.63) is 83.7 Å². The Kier molecular flexibility index (Phi) is 5.01. The molecule has 4 heterocycles. The van der Waals surface area contributed by atoms with Crippen LogP contribution in [0.4, 0.5) is 0 Å². The molecule has 8 rings (SSSR count). The monoisotopic (exact) mass is 500 g/mol. The fraction of sp³-hybridized carbons (Fsp3) is 0.333. The molecule has 3 aromatic carbocycles. The summed E-state index contributed by atoms with van der Waals surface area (Å²) in [6, 6.07) is 21.4. The number of imidazole rings is 2. The molecule has 3 aliphatic rings. The summed E-state index contributed by atoms with van der Waals surface area (Å²) in [5.41, 5.74) is 8.60. The first-order chi connectivity index (χ1) is 18.7. The number of aromatic nitrogens is 4. The van der Waals surface area contributed by atoms with Gasteiger partial charge in [0.1, 0.15) is 23.1 Å². The minimum Gasteiger partial charge on any atom is -0.457 e. The van der Waals surface area contributed by atoms with Crippen molar-refractivity contribution < 1.29 is 4.74 Å². The van der Waals surface area contributed by atoms with Gasteiger partial charge in [0.05, 0.1) is 16.7 Å². The van der Waals surface area contributed by atoms with Crippen LogP contribution in [0.5, 0.6) is 11.5 Å². The molecular formula is C33H32N4O. The molecule has 2 aromatic heterocycles. The van der Waals surface area contributed by atoms with Crippen molar-refractivity contribution in [3.63, 3.8) is 0 Å². The third-order valence-electron chi connectivity index (χ3n) is 9.05. The molecule has 0 amide bonds. The second-order valence-corrected chi connectivity index (χ2v) is 11.4. The summed E-state index contributed by atoms with van der Waals surface area (Å²) >= 11 is 0. The SMILES string of the molecule is CC1CCCCC1c1cn2c(n1)-c1cc(Oc3ccc4c(c3)-c3nc5ccccc5n3CC4)ccc1CC2. The van der Waals surface area contributed by atoms with Gasteiger partial charge >= 0.3 is 0 Å². The Morgan fingerprint density at radius 3 is 2.34 bits per heavy atom. The Morgan fingerprint density at radius 1 is 0.789 bits per heavy atom. The van der Waals surface area contributed by atoms with E-state index < -0.39 is 0 Å². The van der Waals surface area contributed by atoms with E-state index in [-0.39, 0.29) is 0 Å². The van der Waals surface area contributed by atoms with Crippen molar-refractivity contribution in [2.45, 2.75) is 64.5 Å². The van der Waals surface area contributed by atoms with Crippen LogP contribution >= 0.6 is 0 Å². The Labute approximate surface area is 223 Å². The molecular weight excluding hydrogens is 468 g/mol. The number of aryl methyl sites for hydroxylation is 4. The minimum absolute atomic E-state index is 0.587. The van der Waals surface area contributed by atoms with Gasteiger partial charge in [-0.2, -0.15) is 0 Å². The van der Waals surface area contributed by atoms with Crippen LogP contribution in [-0.2, 0) is 25.9 Å². The van der Waals surface area contributed by atoms with Gasteiger partial charge in [-0.15, -0.1) is 0 Å². The highest BCUT2D eigenvalue weighted by Gasteiger charge is 2.28. The smallest absolute Gasteiger partial charge is 0.141 e. The summed E-state index contributed by atoms with van der Waals surface area (Å²) in [6.45, 7) is 4.36. The predicted molar refractivity (Wildman–Crippen MR) is 151 cm³/mol. The molecule has 1 fully saturated rings. The number of fused-ring (bicyclic) bond motifs is 8. The van der Waals surface area contributed by atoms with E-state index in [1.165, 1.54) is 59.1 Å². The second kappa shape index (κ2) is 8.59. The maximum Gasteiger partial charge on any atom is 0.141 e. The third-order valence-corrected chi connectivity index (χ3v) is 9.05. The molecule has 190 valence electrons. The Hall–Kier alpha value is -3.86. The number of nitrogens with zero attached hydrogens (tertiary/aromatic N) is 4. The molecule has 5 heteroatoms. The Morgan fingerprint density at radius 2 is 1.53 bits per heavy atom. The van der Waals surface area contributed by atoms with Gasteiger partial charge in [-0.3, -0.25) is 0 Å². The van der Waals surface area contributed by atoms with Gasteiger partial charge in [-0.05, 0) is 72.7 Å². The Bertz CT molecular complexity index is 1690. The normalized spacial score (nSPS) is 19.9. The van der Waals surface area contributed by atoms with Crippen LogP contribution in [-0.4, -0.2) is 19.1 Å². The van der Waals surface area contributed by atoms with E-state index >= 15 is 0 Å². The number of para-hydroxylation sites is 2. The molecule has 0 spiro atoms. The zero-order valence-corrected chi connectivity index (χ0v) is 21.9. The zero-order chi connectivity index (χ0) is 25.2. The molecule has 2 unspecified atom stereocenters. The lowest BCUT2D eigenvalue weighted by Gasteiger charge is -2.27. The number of hydrogen-bond acceptors (Lipinski definition) is 3. The number of benzene rings is 3. The first-order valence-corrected chi connectivity index (χ1v) is 14.2. The lowest BCUT2D eigenvalue weighted by atomic mass is 9.79. The highest BCUT2D eigenvalue weighted by Crippen LogP contribution is 2.41. The van der Waals surface area contributed by atoms with Gasteiger partial charge in [0.25, 0.3) is 0 Å². The van der Waals surface area contributed by atoms with Crippen molar-refractivity contribution in [2.75, 3.05) is 0 Å². The van der Waals surface area contributed by atoms with E-state index in [2.05, 4.69) is 82.9 Å². The van der Waals surface area contributed by atoms with Crippen LogP contribution in [0.25, 0.3) is 33.8 Å². The predicted octanol–water partition coefficient (Wildman–Crippen LogP) is 7.77. The standard InChI is InChI=1S/C33H32N4O/c1-21-6-2-3-7-26(21)30-20-36-16-14-22-10-12-24(18-27(22)32(36)35-30)38-25-13-11-23-15-17-37-31-9-5-4-8-29(31)34-33(37)28(23)19-25/h4-5,8-13,18-21,26H,2-3,6-7,14-17H2,1H3. The average Bonchev–Trinajstić information content (AvgIpc) is 3.55. The quantitative estimate of drug-likeness (QED) is 0.254. The van der Waals surface area contributed by atoms with Crippen LogP contribution in [0.15, 0.2) is 66.9 Å². The fourth-order valence-electron chi connectivity index (χ4n) is 6.96. The number of hydrogen-bond donors (Lipinski definition) is 0. The van der Waals surface area contributed by atoms with Crippen molar-refractivity contribution in [3.8, 4) is 34.3 Å². The summed E-state index contributed by atoms with van der Waals surface area (Å²) < 4.78 is 11.2. The van der Waals surface area contributed by atoms with Gasteiger partial charge in [0, 0.05) is 36.3 Å². The molecule has 1 saturated carbocycles. The van der Waals surface area contributed by atoms with Gasteiger partial charge < -0.3 is 13.9 Å². The van der Waals surface area contributed by atoms with Crippen molar-refractivity contribution >= 4 is 11.0 Å². The Balaban J connectivity index is 1.12. The summed E-state index contributed by atoms with van der Waals surface area (Å²) in [4.78, 5) is 10.2. The summed E-state index contributed by atoms with van der Waals surface area (Å²) in [6.07, 6.45) is 9.63. The largest absolute Gasteiger partial charge is 0.457 e. The summed E-state index contributed by atoms with van der Waals surface area (Å²) in [5, 5.41) is 0. The van der Waals surface area contributed by atoms with Gasteiger partial charge in [0.2, 0.25) is 0 Å². The molecule has 0 N–H and O–H groups in total. The molecule has 2 aliphatic heterocycles. The molecule has 38 heavy (non-hydrogen) atoms. The molecule has 2 atom stereocenters. The van der Waals surface area contributed by atoms with Crippen LogP contribution in [0, 0.1) is 5.92 Å². The molecule has 5 nitrogen and oxygen atoms in total. The maximum absolute atomic E-state index is 6.48. The van der Waals surface area contributed by atoms with E-state index in [9.17, 15) is 0 Å². The van der Waals surface area contributed by atoms with Gasteiger partial charge in [0.15, 0.2) is 0 Å². The van der Waals surface area contributed by atoms with Crippen molar-refractivity contribution in [2.24, 2.45) is 5.92 Å². The first-order valence-electron chi connectivity index (χ1n) is 14.2. The third kappa shape index (κ3) is 3.52. The maximum atomic E-state index is 6.48. The first kappa shape index (κ1) is 22.2. The van der Waals surface area contributed by atoms with E-state index in [0.29, 0.717) is 11.8 Å². The molecule has 0 bridgehead atoms. The zero-order valence-electron chi connectivity index (χ0n) is 21.9. The van der Waals surface area contributed by atoms with Crippen LogP contribution < -0.4 is 4.74 Å². The molecule has 0 saturated heterocycles. The topological polar surface area (TPSA) is 44.9 Å². The lowest BCUT2D eigenvalue weighted by Crippen LogP contribution is -2.15. The molecule has 0 radical (unpaired) electrons. The highest BCUT2D eigenvalue weighted by molar-refractivity contribution is 5.82. The van der Waals surface area contributed by atoms with Crippen LogP contribution in [0.3, 0.4) is 0 Å². The van der Waals surface area contributed by atoms with Crippen molar-refractivity contribution in [1.29, 1.82) is 0 Å². The van der Waals surface area contributed by atoms with Crippen molar-refractivity contribution in [1.82, 2.24) is 19.1 Å². The van der Waals surface area contributed by atoms with Gasteiger partial charge in [-0.25, -0.2) is 9.97 Å². The summed E-state index contributed by atoms with van der Waals surface area (Å²) in [5.74, 6) is 5.15. The van der Waals surface area contributed by atoms with Crippen LogP contribution in [0.1, 0.15) is 55.3 Å². The number of ether oxygens (including phenoxy) is 1. The van der Waals surface area contributed by atoms with Crippen LogP contribution in [0.2, 0.25) is 0 Å². The molecule has 1 aliphatic carbocycles. The van der Waals surface area contributed by atoms with E-state index in [1.807, 2.05) is 0 Å².